The molecule has 1 atom stereocenters. The molecule has 1 N–H and O–H groups in total. The fourth-order valence-electron chi connectivity index (χ4n) is 2.02. The molecule has 3 nitrogen and oxygen atoms in total. The summed E-state index contributed by atoms with van der Waals surface area (Å²) in [6.45, 7) is 1.93. The fraction of sp³-hybridized carbons (Fsp3) is 0.231. The summed E-state index contributed by atoms with van der Waals surface area (Å²) < 4.78 is 0.962. The molecule has 1 aromatic carbocycles. The molecule has 0 aromatic heterocycles. The van der Waals surface area contributed by atoms with E-state index in [4.69, 9.17) is 0 Å². The van der Waals surface area contributed by atoms with Gasteiger partial charge in [0.05, 0.1) is 5.41 Å². The van der Waals surface area contributed by atoms with E-state index in [2.05, 4.69) is 21.2 Å². The summed E-state index contributed by atoms with van der Waals surface area (Å²) in [5.74, 6) is -0.606. The van der Waals surface area contributed by atoms with Crippen LogP contribution in [0, 0.1) is 0 Å². The van der Waals surface area contributed by atoms with Crippen molar-refractivity contribution in [3.63, 3.8) is 0 Å². The fourth-order valence-corrected chi connectivity index (χ4v) is 2.28. The molecule has 1 heterocycles. The first-order valence-corrected chi connectivity index (χ1v) is 6.18. The molecule has 0 saturated heterocycles. The number of imide groups is 1. The molecule has 1 aliphatic rings. The number of benzene rings is 1. The van der Waals surface area contributed by atoms with E-state index in [1.165, 1.54) is 6.08 Å². The van der Waals surface area contributed by atoms with E-state index < -0.39 is 5.41 Å². The third-order valence-corrected chi connectivity index (χ3v) is 3.61. The van der Waals surface area contributed by atoms with Gasteiger partial charge in [-0.3, -0.25) is 14.9 Å². The van der Waals surface area contributed by atoms with Gasteiger partial charge in [-0.25, -0.2) is 0 Å². The summed E-state index contributed by atoms with van der Waals surface area (Å²) in [6.07, 6.45) is 3.73. The molecule has 0 radical (unpaired) electrons. The van der Waals surface area contributed by atoms with Gasteiger partial charge in [0.2, 0.25) is 11.8 Å². The van der Waals surface area contributed by atoms with E-state index in [9.17, 15) is 9.59 Å². The average molecular weight is 294 g/mol. The highest BCUT2D eigenvalue weighted by molar-refractivity contribution is 9.10. The highest BCUT2D eigenvalue weighted by Crippen LogP contribution is 2.32. The molecule has 88 valence electrons. The molecule has 1 aromatic rings. The highest BCUT2D eigenvalue weighted by atomic mass is 79.9. The first-order valence-electron chi connectivity index (χ1n) is 5.39. The Morgan fingerprint density at radius 3 is 2.41 bits per heavy atom. The number of hydrogen-bond acceptors (Lipinski definition) is 2. The zero-order valence-electron chi connectivity index (χ0n) is 9.37. The van der Waals surface area contributed by atoms with Crippen molar-refractivity contribution in [2.45, 2.75) is 18.8 Å². The van der Waals surface area contributed by atoms with Crippen LogP contribution in [0.4, 0.5) is 0 Å². The quantitative estimate of drug-likeness (QED) is 0.851. The van der Waals surface area contributed by atoms with Gasteiger partial charge in [0.15, 0.2) is 0 Å². The Morgan fingerprint density at radius 1 is 1.24 bits per heavy atom. The standard InChI is InChI=1S/C13H12BrNO2/c1-2-13(8-7-11(16)15-12(13)17)9-3-5-10(14)6-4-9/h3-8H,2H2,1H3,(H,15,16,17)/t13-/m1/s1. The lowest BCUT2D eigenvalue weighted by atomic mass is 9.75. The molecule has 2 rings (SSSR count). The van der Waals surface area contributed by atoms with Gasteiger partial charge in [-0.1, -0.05) is 41.1 Å². The topological polar surface area (TPSA) is 46.2 Å². The van der Waals surface area contributed by atoms with E-state index >= 15 is 0 Å². The maximum atomic E-state index is 12.0. The Bertz CT molecular complexity index is 493. The first kappa shape index (κ1) is 12.0. The van der Waals surface area contributed by atoms with E-state index in [0.717, 1.165) is 10.0 Å². The largest absolute Gasteiger partial charge is 0.292 e. The second kappa shape index (κ2) is 4.45. The Hall–Kier alpha value is -1.42. The Labute approximate surface area is 108 Å². The number of nitrogens with one attached hydrogen (secondary N) is 1. The van der Waals surface area contributed by atoms with Crippen molar-refractivity contribution in [2.75, 3.05) is 0 Å². The number of halogens is 1. The summed E-state index contributed by atoms with van der Waals surface area (Å²) in [4.78, 5) is 23.2. The number of amides is 2. The summed E-state index contributed by atoms with van der Waals surface area (Å²) >= 11 is 3.36. The highest BCUT2D eigenvalue weighted by Gasteiger charge is 2.39. The molecule has 2 amide bonds. The predicted molar refractivity (Wildman–Crippen MR) is 68.4 cm³/mol. The van der Waals surface area contributed by atoms with Crippen molar-refractivity contribution in [1.29, 1.82) is 0 Å². The van der Waals surface area contributed by atoms with Gasteiger partial charge in [0.1, 0.15) is 0 Å². The van der Waals surface area contributed by atoms with Gasteiger partial charge in [0.25, 0.3) is 0 Å². The molecule has 0 unspecified atom stereocenters. The Kier molecular flexibility index (Phi) is 3.15. The van der Waals surface area contributed by atoms with Gasteiger partial charge in [0, 0.05) is 10.5 Å². The first-order chi connectivity index (χ1) is 8.08. The summed E-state index contributed by atoms with van der Waals surface area (Å²) in [5, 5.41) is 2.36. The molecule has 0 aliphatic carbocycles. The Morgan fingerprint density at radius 2 is 1.88 bits per heavy atom. The number of carbonyl (C=O) groups excluding carboxylic acids is 2. The SMILES string of the molecule is CC[C@]1(c2ccc(Br)cc2)C=CC(=O)NC1=O. The average Bonchev–Trinajstić information content (AvgIpc) is 2.31. The predicted octanol–water partition coefficient (Wildman–Crippen LogP) is 2.31. The van der Waals surface area contributed by atoms with Crippen LogP contribution in [0.2, 0.25) is 0 Å². The number of hydrogen-bond donors (Lipinski definition) is 1. The lowest BCUT2D eigenvalue weighted by Gasteiger charge is -2.30. The maximum Gasteiger partial charge on any atom is 0.250 e. The smallest absolute Gasteiger partial charge is 0.250 e. The van der Waals surface area contributed by atoms with Gasteiger partial charge in [-0.2, -0.15) is 0 Å². The Balaban J connectivity index is 2.51. The van der Waals surface area contributed by atoms with Crippen LogP contribution in [-0.4, -0.2) is 11.8 Å². The molecule has 1 aliphatic heterocycles. The van der Waals surface area contributed by atoms with Gasteiger partial charge < -0.3 is 0 Å². The second-order valence-electron chi connectivity index (χ2n) is 3.98. The van der Waals surface area contributed by atoms with E-state index in [1.54, 1.807) is 6.08 Å². The minimum atomic E-state index is -0.728. The number of carbonyl (C=O) groups is 2. The van der Waals surface area contributed by atoms with Gasteiger partial charge in [-0.05, 0) is 24.1 Å². The van der Waals surface area contributed by atoms with E-state index in [1.807, 2.05) is 31.2 Å². The van der Waals surface area contributed by atoms with Crippen molar-refractivity contribution in [1.82, 2.24) is 5.32 Å². The molecular formula is C13H12BrNO2. The summed E-state index contributed by atoms with van der Waals surface area (Å²) in [5.41, 5.74) is 0.165. The van der Waals surface area contributed by atoms with Gasteiger partial charge >= 0.3 is 0 Å². The van der Waals surface area contributed by atoms with Crippen LogP contribution in [0.15, 0.2) is 40.9 Å². The molecule has 0 bridgehead atoms. The molecule has 0 fully saturated rings. The molecule has 0 saturated carbocycles. The zero-order chi connectivity index (χ0) is 12.5. The second-order valence-corrected chi connectivity index (χ2v) is 4.90. The molecule has 0 spiro atoms. The number of rotatable bonds is 2. The lowest BCUT2D eigenvalue weighted by molar-refractivity contribution is -0.132. The van der Waals surface area contributed by atoms with Crippen molar-refractivity contribution < 1.29 is 9.59 Å². The molecule has 17 heavy (non-hydrogen) atoms. The van der Waals surface area contributed by atoms with Crippen LogP contribution < -0.4 is 5.32 Å². The van der Waals surface area contributed by atoms with E-state index in [0.29, 0.717) is 6.42 Å². The molecular weight excluding hydrogens is 282 g/mol. The van der Waals surface area contributed by atoms with Crippen molar-refractivity contribution >= 4 is 27.7 Å². The van der Waals surface area contributed by atoms with Crippen LogP contribution in [0.5, 0.6) is 0 Å². The third-order valence-electron chi connectivity index (χ3n) is 3.08. The van der Waals surface area contributed by atoms with Crippen molar-refractivity contribution in [3.05, 3.63) is 46.5 Å². The van der Waals surface area contributed by atoms with Crippen LogP contribution in [-0.2, 0) is 15.0 Å². The van der Waals surface area contributed by atoms with E-state index in [-0.39, 0.29) is 11.8 Å². The monoisotopic (exact) mass is 293 g/mol. The summed E-state index contributed by atoms with van der Waals surface area (Å²) in [6, 6.07) is 7.58. The van der Waals surface area contributed by atoms with Gasteiger partial charge in [-0.15, -0.1) is 0 Å². The third kappa shape index (κ3) is 2.05. The van der Waals surface area contributed by atoms with Crippen molar-refractivity contribution in [3.8, 4) is 0 Å². The molecule has 4 heteroatoms. The van der Waals surface area contributed by atoms with Crippen LogP contribution in [0.1, 0.15) is 18.9 Å². The minimum absolute atomic E-state index is 0.255. The normalized spacial score (nSPS) is 23.6. The maximum absolute atomic E-state index is 12.0. The van der Waals surface area contributed by atoms with Crippen molar-refractivity contribution in [2.24, 2.45) is 0 Å². The van der Waals surface area contributed by atoms with Crippen LogP contribution >= 0.6 is 15.9 Å². The summed E-state index contributed by atoms with van der Waals surface area (Å²) in [7, 11) is 0. The minimum Gasteiger partial charge on any atom is -0.292 e. The zero-order valence-corrected chi connectivity index (χ0v) is 11.0. The van der Waals surface area contributed by atoms with Crippen LogP contribution in [0.3, 0.4) is 0 Å². The lowest BCUT2D eigenvalue weighted by Crippen LogP contribution is -2.48. The van der Waals surface area contributed by atoms with Crippen LogP contribution in [0.25, 0.3) is 0 Å².